The maximum absolute atomic E-state index is 13.1. The van der Waals surface area contributed by atoms with Crippen LogP contribution in [-0.2, 0) is 4.79 Å². The van der Waals surface area contributed by atoms with Crippen molar-refractivity contribution >= 4 is 57.9 Å². The minimum atomic E-state index is -0.198. The van der Waals surface area contributed by atoms with Crippen LogP contribution in [0.2, 0.25) is 10.0 Å². The van der Waals surface area contributed by atoms with Gasteiger partial charge in [0, 0.05) is 10.4 Å². The highest BCUT2D eigenvalue weighted by atomic mass is 35.5. The summed E-state index contributed by atoms with van der Waals surface area (Å²) in [5.41, 5.74) is 2.64. The van der Waals surface area contributed by atoms with Gasteiger partial charge in [-0.25, -0.2) is 0 Å². The van der Waals surface area contributed by atoms with Gasteiger partial charge in [-0.3, -0.25) is 4.79 Å². The molecule has 3 nitrogen and oxygen atoms in total. The lowest BCUT2D eigenvalue weighted by Crippen LogP contribution is -2.21. The molecule has 0 aliphatic carbocycles. The Kier molecular flexibility index (Phi) is 4.64. The van der Waals surface area contributed by atoms with E-state index in [1.54, 1.807) is 29.5 Å². The Labute approximate surface area is 164 Å². The smallest absolute Gasteiger partial charge is 0.267 e. The molecule has 0 N–H and O–H groups in total. The molecule has 0 radical (unpaired) electrons. The molecule has 6 heteroatoms. The van der Waals surface area contributed by atoms with E-state index in [-0.39, 0.29) is 5.91 Å². The number of amides is 1. The second-order valence-corrected chi connectivity index (χ2v) is 7.40. The number of benzene rings is 2. The first-order valence-electron chi connectivity index (χ1n) is 7.82. The third-order valence-electron chi connectivity index (χ3n) is 3.90. The largest absolute Gasteiger partial charge is 0.281 e. The number of hydrogen-bond acceptors (Lipinski definition) is 3. The Morgan fingerprint density at radius 3 is 2.46 bits per heavy atom. The van der Waals surface area contributed by atoms with Gasteiger partial charge in [0.1, 0.15) is 5.71 Å². The zero-order valence-corrected chi connectivity index (χ0v) is 15.7. The fourth-order valence-electron chi connectivity index (χ4n) is 2.66. The third-order valence-corrected chi connectivity index (χ3v) is 5.46. The molecule has 0 saturated carbocycles. The molecule has 0 spiro atoms. The van der Waals surface area contributed by atoms with Gasteiger partial charge in [-0.2, -0.15) is 10.1 Å². The van der Waals surface area contributed by atoms with E-state index in [1.807, 2.05) is 53.9 Å². The number of halogens is 2. The van der Waals surface area contributed by atoms with Crippen LogP contribution in [0.3, 0.4) is 0 Å². The van der Waals surface area contributed by atoms with Crippen LogP contribution in [0.5, 0.6) is 0 Å². The van der Waals surface area contributed by atoms with Crippen LogP contribution in [-0.4, -0.2) is 11.6 Å². The van der Waals surface area contributed by atoms with Crippen LogP contribution in [0.4, 0.5) is 5.69 Å². The highest BCUT2D eigenvalue weighted by Crippen LogP contribution is 2.32. The van der Waals surface area contributed by atoms with Gasteiger partial charge in [0.25, 0.3) is 5.91 Å². The molecular formula is C20H12Cl2N2OS. The number of rotatable bonds is 3. The fourth-order valence-corrected chi connectivity index (χ4v) is 3.61. The third kappa shape index (κ3) is 3.19. The zero-order valence-electron chi connectivity index (χ0n) is 13.4. The van der Waals surface area contributed by atoms with Crippen LogP contribution in [0.25, 0.3) is 6.08 Å². The molecule has 0 bridgehead atoms. The van der Waals surface area contributed by atoms with E-state index >= 15 is 0 Å². The number of carbonyl (C=O) groups is 1. The molecule has 128 valence electrons. The van der Waals surface area contributed by atoms with Crippen LogP contribution in [0, 0.1) is 0 Å². The highest BCUT2D eigenvalue weighted by molar-refractivity contribution is 7.10. The first-order chi connectivity index (χ1) is 12.6. The summed E-state index contributed by atoms with van der Waals surface area (Å²) in [6, 6.07) is 18.6. The van der Waals surface area contributed by atoms with Crippen LogP contribution in [0.1, 0.15) is 10.4 Å². The summed E-state index contributed by atoms with van der Waals surface area (Å²) < 4.78 is 0. The van der Waals surface area contributed by atoms with Gasteiger partial charge in [-0.1, -0.05) is 59.6 Å². The first kappa shape index (κ1) is 17.0. The van der Waals surface area contributed by atoms with E-state index in [4.69, 9.17) is 23.2 Å². The minimum Gasteiger partial charge on any atom is -0.267 e. The highest BCUT2D eigenvalue weighted by Gasteiger charge is 2.32. The second kappa shape index (κ2) is 7.08. The Balaban J connectivity index is 1.83. The van der Waals surface area contributed by atoms with E-state index in [9.17, 15) is 4.79 Å². The predicted octanol–water partition coefficient (Wildman–Crippen LogP) is 5.89. The summed E-state index contributed by atoms with van der Waals surface area (Å²) in [6.07, 6.45) is 1.87. The normalized spacial score (nSPS) is 15.6. The molecule has 2 aromatic carbocycles. The zero-order chi connectivity index (χ0) is 18.1. The van der Waals surface area contributed by atoms with E-state index in [2.05, 4.69) is 5.10 Å². The van der Waals surface area contributed by atoms with Crippen molar-refractivity contribution in [1.82, 2.24) is 0 Å². The average molecular weight is 399 g/mol. The average Bonchev–Trinajstić information content (AvgIpc) is 3.28. The van der Waals surface area contributed by atoms with Gasteiger partial charge in [-0.05, 0) is 35.7 Å². The number of anilines is 1. The van der Waals surface area contributed by atoms with E-state index < -0.39 is 0 Å². The molecule has 0 fully saturated rings. The Hall–Kier alpha value is -2.40. The number of hydrogen-bond donors (Lipinski definition) is 0. The lowest BCUT2D eigenvalue weighted by Gasteiger charge is -2.12. The van der Waals surface area contributed by atoms with Crippen molar-refractivity contribution in [2.75, 3.05) is 5.01 Å². The van der Waals surface area contributed by atoms with Gasteiger partial charge in [0.05, 0.1) is 21.3 Å². The standard InChI is InChI=1S/C20H12Cl2N2OS/c21-17-9-8-14(11-18(17)22)24-20(25)16(12-15-7-4-10-26-15)19(23-24)13-5-2-1-3-6-13/h1-12H/b16-12+. The minimum absolute atomic E-state index is 0.198. The van der Waals surface area contributed by atoms with Crippen molar-refractivity contribution in [3.05, 3.63) is 92.1 Å². The first-order valence-corrected chi connectivity index (χ1v) is 9.46. The Bertz CT molecular complexity index is 1030. The molecule has 0 unspecified atom stereocenters. The van der Waals surface area contributed by atoms with E-state index in [0.717, 1.165) is 10.4 Å². The van der Waals surface area contributed by atoms with Gasteiger partial charge in [0.2, 0.25) is 0 Å². The van der Waals surface area contributed by atoms with Crippen molar-refractivity contribution in [2.24, 2.45) is 5.10 Å². The summed E-state index contributed by atoms with van der Waals surface area (Å²) in [7, 11) is 0. The van der Waals surface area contributed by atoms with E-state index in [0.29, 0.717) is 27.0 Å². The maximum Gasteiger partial charge on any atom is 0.281 e. The van der Waals surface area contributed by atoms with Crippen molar-refractivity contribution in [1.29, 1.82) is 0 Å². The van der Waals surface area contributed by atoms with Crippen LogP contribution >= 0.6 is 34.5 Å². The van der Waals surface area contributed by atoms with Crippen molar-refractivity contribution in [2.45, 2.75) is 0 Å². The SMILES string of the molecule is O=C1/C(=C/c2cccs2)C(c2ccccc2)=NN1c1ccc(Cl)c(Cl)c1. The maximum atomic E-state index is 13.1. The van der Waals surface area contributed by atoms with Crippen LogP contribution < -0.4 is 5.01 Å². The summed E-state index contributed by atoms with van der Waals surface area (Å²) in [5.74, 6) is -0.198. The summed E-state index contributed by atoms with van der Waals surface area (Å²) >= 11 is 13.7. The number of thiophene rings is 1. The van der Waals surface area contributed by atoms with Gasteiger partial charge in [-0.15, -0.1) is 11.3 Å². The summed E-state index contributed by atoms with van der Waals surface area (Å²) in [5, 5.41) is 8.73. The molecule has 2 heterocycles. The predicted molar refractivity (Wildman–Crippen MR) is 109 cm³/mol. The quantitative estimate of drug-likeness (QED) is 0.506. The summed E-state index contributed by atoms with van der Waals surface area (Å²) in [6.45, 7) is 0. The number of nitrogens with zero attached hydrogens (tertiary/aromatic N) is 2. The molecule has 1 amide bonds. The molecule has 1 aliphatic rings. The molecule has 4 rings (SSSR count). The molecule has 0 saturated heterocycles. The molecular weight excluding hydrogens is 387 g/mol. The lowest BCUT2D eigenvalue weighted by atomic mass is 10.0. The molecule has 0 atom stereocenters. The monoisotopic (exact) mass is 398 g/mol. The Morgan fingerprint density at radius 1 is 0.962 bits per heavy atom. The molecule has 26 heavy (non-hydrogen) atoms. The topological polar surface area (TPSA) is 32.7 Å². The van der Waals surface area contributed by atoms with Gasteiger partial charge in [0.15, 0.2) is 0 Å². The van der Waals surface area contributed by atoms with E-state index in [1.165, 1.54) is 5.01 Å². The summed E-state index contributed by atoms with van der Waals surface area (Å²) in [4.78, 5) is 14.1. The van der Waals surface area contributed by atoms with Gasteiger partial charge >= 0.3 is 0 Å². The van der Waals surface area contributed by atoms with Crippen LogP contribution in [0.15, 0.2) is 76.7 Å². The molecule has 3 aromatic rings. The second-order valence-electron chi connectivity index (χ2n) is 5.60. The Morgan fingerprint density at radius 2 is 1.77 bits per heavy atom. The fraction of sp³-hybridized carbons (Fsp3) is 0. The van der Waals surface area contributed by atoms with Crippen molar-refractivity contribution < 1.29 is 4.79 Å². The number of hydrazone groups is 1. The van der Waals surface area contributed by atoms with Crippen molar-refractivity contribution in [3.63, 3.8) is 0 Å². The number of carbonyl (C=O) groups excluding carboxylic acids is 1. The van der Waals surface area contributed by atoms with Gasteiger partial charge < -0.3 is 0 Å². The molecule has 1 aliphatic heterocycles. The molecule has 1 aromatic heterocycles. The van der Waals surface area contributed by atoms with Crippen molar-refractivity contribution in [3.8, 4) is 0 Å². The lowest BCUT2D eigenvalue weighted by molar-refractivity contribution is -0.114.